The molecule has 0 aromatic carbocycles. The van der Waals surface area contributed by atoms with Crippen LogP contribution in [-0.2, 0) is 9.53 Å². The van der Waals surface area contributed by atoms with Crippen molar-refractivity contribution in [2.45, 2.75) is 56.9 Å². The number of nitrogens with one attached hydrogen (secondary N) is 2. The summed E-state index contributed by atoms with van der Waals surface area (Å²) in [5.41, 5.74) is 0. The van der Waals surface area contributed by atoms with E-state index in [1.807, 2.05) is 11.8 Å². The second kappa shape index (κ2) is 9.07. The van der Waals surface area contributed by atoms with Crippen molar-refractivity contribution < 1.29 is 14.3 Å². The van der Waals surface area contributed by atoms with E-state index in [1.54, 1.807) is 6.92 Å². The molecule has 0 aromatic rings. The molecule has 2 amide bonds. The number of carbonyl (C=O) groups excluding carboxylic acids is 2. The van der Waals surface area contributed by atoms with Crippen LogP contribution in [0, 0.1) is 0 Å². The van der Waals surface area contributed by atoms with E-state index in [2.05, 4.69) is 22.3 Å². The Kier molecular flexibility index (Phi) is 7.70. The number of thioether (sulfide) groups is 1. The monoisotopic (exact) mass is 288 g/mol. The first kappa shape index (κ1) is 16.1. The molecule has 2 N–H and O–H groups in total. The van der Waals surface area contributed by atoms with Gasteiger partial charge < -0.3 is 15.4 Å². The van der Waals surface area contributed by atoms with Crippen LogP contribution < -0.4 is 10.6 Å². The van der Waals surface area contributed by atoms with Gasteiger partial charge >= 0.3 is 6.03 Å². The molecule has 0 spiro atoms. The molecule has 0 bridgehead atoms. The van der Waals surface area contributed by atoms with Crippen molar-refractivity contribution >= 4 is 24.3 Å². The third kappa shape index (κ3) is 5.30. The zero-order chi connectivity index (χ0) is 14.1. The molecule has 3 atom stereocenters. The zero-order valence-electron chi connectivity index (χ0n) is 11.7. The maximum atomic E-state index is 11.1. The fourth-order valence-electron chi connectivity index (χ4n) is 2.31. The van der Waals surface area contributed by atoms with Crippen LogP contribution in [0.25, 0.3) is 0 Å². The molecular weight excluding hydrogens is 264 g/mol. The third-order valence-corrected chi connectivity index (χ3v) is 4.77. The highest BCUT2D eigenvalue weighted by Gasteiger charge is 2.42. The van der Waals surface area contributed by atoms with Crippen molar-refractivity contribution in [3.63, 3.8) is 0 Å². The molecule has 19 heavy (non-hydrogen) atoms. The Balaban J connectivity index is 0.000000312. The maximum absolute atomic E-state index is 11.1. The first-order valence-electron chi connectivity index (χ1n) is 6.96. The van der Waals surface area contributed by atoms with Gasteiger partial charge in [0.2, 0.25) is 0 Å². The summed E-state index contributed by atoms with van der Waals surface area (Å²) in [6.45, 7) is 4.89. The van der Waals surface area contributed by atoms with Gasteiger partial charge in [-0.2, -0.15) is 11.8 Å². The standard InChI is InChI=1S/C10H18N2OS.C3H6O2/c1-2-3-4-5-8-9-7(6-14-8)11-10(13)12-9;1-2-5-3-4/h7-9H,2-6H2,1H3,(H2,11,12,13);3H,2H2,1H3. The first-order chi connectivity index (χ1) is 9.22. The van der Waals surface area contributed by atoms with Crippen molar-refractivity contribution in [1.82, 2.24) is 10.6 Å². The number of fused-ring (bicyclic) bond motifs is 1. The summed E-state index contributed by atoms with van der Waals surface area (Å²) in [7, 11) is 0. The van der Waals surface area contributed by atoms with E-state index in [4.69, 9.17) is 0 Å². The van der Waals surface area contributed by atoms with Crippen molar-refractivity contribution in [3.8, 4) is 0 Å². The SMILES string of the molecule is CCCCCC1SCC2NC(=O)NC21.CCOC=O. The van der Waals surface area contributed by atoms with E-state index in [1.165, 1.54) is 25.7 Å². The summed E-state index contributed by atoms with van der Waals surface area (Å²) >= 11 is 2.01. The maximum Gasteiger partial charge on any atom is 0.315 e. The fourth-order valence-corrected chi connectivity index (χ4v) is 3.85. The van der Waals surface area contributed by atoms with Crippen LogP contribution in [0.1, 0.15) is 39.5 Å². The average molecular weight is 288 g/mol. The van der Waals surface area contributed by atoms with Crippen LogP contribution in [0.4, 0.5) is 4.79 Å². The molecule has 0 aliphatic carbocycles. The highest BCUT2D eigenvalue weighted by molar-refractivity contribution is 8.00. The van der Waals surface area contributed by atoms with Crippen molar-refractivity contribution in [3.05, 3.63) is 0 Å². The lowest BCUT2D eigenvalue weighted by molar-refractivity contribution is -0.128. The summed E-state index contributed by atoms with van der Waals surface area (Å²) in [6.07, 6.45) is 5.14. The lowest BCUT2D eigenvalue weighted by Crippen LogP contribution is -2.36. The highest BCUT2D eigenvalue weighted by Crippen LogP contribution is 2.33. The molecule has 110 valence electrons. The van der Waals surface area contributed by atoms with Gasteiger partial charge in [-0.15, -0.1) is 0 Å². The average Bonchev–Trinajstić information content (AvgIpc) is 2.92. The van der Waals surface area contributed by atoms with Crippen molar-refractivity contribution in [1.29, 1.82) is 0 Å². The number of hydrogen-bond donors (Lipinski definition) is 2. The molecule has 2 aliphatic heterocycles. The number of unbranched alkanes of at least 4 members (excludes halogenated alkanes) is 2. The van der Waals surface area contributed by atoms with Gasteiger partial charge in [-0.25, -0.2) is 4.79 Å². The van der Waals surface area contributed by atoms with Gasteiger partial charge in [-0.1, -0.05) is 26.2 Å². The molecule has 6 heteroatoms. The highest BCUT2D eigenvalue weighted by atomic mass is 32.2. The first-order valence-corrected chi connectivity index (χ1v) is 8.01. The Morgan fingerprint density at radius 2 is 2.16 bits per heavy atom. The summed E-state index contributed by atoms with van der Waals surface area (Å²) in [6, 6.07) is 0.810. The second-order valence-electron chi connectivity index (χ2n) is 4.67. The number of rotatable bonds is 6. The van der Waals surface area contributed by atoms with Crippen LogP contribution in [-0.4, -0.2) is 42.2 Å². The van der Waals surface area contributed by atoms with Gasteiger partial charge in [0, 0.05) is 11.0 Å². The second-order valence-corrected chi connectivity index (χ2v) is 5.94. The lowest BCUT2D eigenvalue weighted by atomic mass is 10.0. The summed E-state index contributed by atoms with van der Waals surface area (Å²) in [4.78, 5) is 20.3. The van der Waals surface area contributed by atoms with Crippen LogP contribution in [0.5, 0.6) is 0 Å². The Labute approximate surface area is 119 Å². The topological polar surface area (TPSA) is 67.4 Å². The van der Waals surface area contributed by atoms with Crippen LogP contribution in [0.3, 0.4) is 0 Å². The molecule has 3 unspecified atom stereocenters. The van der Waals surface area contributed by atoms with Crippen LogP contribution in [0.15, 0.2) is 0 Å². The van der Waals surface area contributed by atoms with Gasteiger partial charge in [0.1, 0.15) is 0 Å². The minimum Gasteiger partial charge on any atom is -0.468 e. The molecule has 0 aromatic heterocycles. The van der Waals surface area contributed by atoms with E-state index in [-0.39, 0.29) is 6.03 Å². The normalized spacial score (nSPS) is 27.7. The smallest absolute Gasteiger partial charge is 0.315 e. The summed E-state index contributed by atoms with van der Waals surface area (Å²) in [5.74, 6) is 1.08. The van der Waals surface area contributed by atoms with Gasteiger partial charge in [-0.05, 0) is 13.3 Å². The molecule has 2 rings (SSSR count). The quantitative estimate of drug-likeness (QED) is 0.445. The summed E-state index contributed by atoms with van der Waals surface area (Å²) in [5, 5.41) is 6.63. The van der Waals surface area contributed by atoms with E-state index >= 15 is 0 Å². The molecule has 2 fully saturated rings. The lowest BCUT2D eigenvalue weighted by Gasteiger charge is -2.16. The van der Waals surface area contributed by atoms with Gasteiger partial charge in [-0.3, -0.25) is 4.79 Å². The Bertz CT molecular complexity index is 289. The van der Waals surface area contributed by atoms with E-state index in [0.717, 1.165) is 5.75 Å². The molecule has 2 saturated heterocycles. The molecule has 5 nitrogen and oxygen atoms in total. The number of hydrogen-bond acceptors (Lipinski definition) is 4. The van der Waals surface area contributed by atoms with E-state index < -0.39 is 0 Å². The predicted octanol–water partition coefficient (Wildman–Crippen LogP) is 1.91. The summed E-state index contributed by atoms with van der Waals surface area (Å²) < 4.78 is 4.15. The zero-order valence-corrected chi connectivity index (χ0v) is 12.5. The third-order valence-electron chi connectivity index (χ3n) is 3.27. The molecule has 2 heterocycles. The van der Waals surface area contributed by atoms with Crippen molar-refractivity contribution in [2.24, 2.45) is 0 Å². The Morgan fingerprint density at radius 3 is 2.74 bits per heavy atom. The number of ether oxygens (including phenoxy) is 1. The van der Waals surface area contributed by atoms with Gasteiger partial charge in [0.25, 0.3) is 6.47 Å². The molecule has 0 saturated carbocycles. The van der Waals surface area contributed by atoms with Gasteiger partial charge in [0.05, 0.1) is 18.7 Å². The number of carbonyl (C=O) groups is 2. The number of amides is 2. The Hall–Kier alpha value is -0.910. The predicted molar refractivity (Wildman–Crippen MR) is 77.3 cm³/mol. The minimum absolute atomic E-state index is 0.0285. The van der Waals surface area contributed by atoms with Crippen LogP contribution >= 0.6 is 11.8 Å². The van der Waals surface area contributed by atoms with Crippen molar-refractivity contribution in [2.75, 3.05) is 12.4 Å². The van der Waals surface area contributed by atoms with E-state index in [9.17, 15) is 9.59 Å². The van der Waals surface area contributed by atoms with E-state index in [0.29, 0.717) is 30.4 Å². The van der Waals surface area contributed by atoms with Crippen LogP contribution in [0.2, 0.25) is 0 Å². The minimum atomic E-state index is 0.0285. The number of urea groups is 1. The van der Waals surface area contributed by atoms with Gasteiger partial charge in [0.15, 0.2) is 0 Å². The molecule has 0 radical (unpaired) electrons. The molecule has 2 aliphatic rings. The fraction of sp³-hybridized carbons (Fsp3) is 0.846. The molecular formula is C13H24N2O3S. The Morgan fingerprint density at radius 1 is 1.37 bits per heavy atom. The largest absolute Gasteiger partial charge is 0.468 e.